The van der Waals surface area contributed by atoms with Crippen molar-refractivity contribution in [2.24, 2.45) is 0 Å². The Labute approximate surface area is 162 Å². The van der Waals surface area contributed by atoms with Crippen LogP contribution in [0.25, 0.3) is 21.5 Å². The number of nitrogens with zero attached hydrogens (tertiary/aromatic N) is 3. The fourth-order valence-corrected chi connectivity index (χ4v) is 3.23. The molecule has 6 heteroatoms. The van der Waals surface area contributed by atoms with Gasteiger partial charge in [-0.15, -0.1) is 0 Å². The van der Waals surface area contributed by atoms with Gasteiger partial charge in [0, 0.05) is 26.4 Å². The van der Waals surface area contributed by atoms with E-state index in [1.165, 1.54) is 9.58 Å². The second-order valence-corrected chi connectivity index (χ2v) is 6.83. The van der Waals surface area contributed by atoms with Gasteiger partial charge in [0.05, 0.1) is 5.56 Å². The van der Waals surface area contributed by atoms with Crippen molar-refractivity contribution in [3.8, 4) is 0 Å². The van der Waals surface area contributed by atoms with E-state index in [-0.39, 0.29) is 18.4 Å². The van der Waals surface area contributed by atoms with Gasteiger partial charge in [-0.25, -0.2) is 0 Å². The largest absolute Gasteiger partial charge is 0.347 e. The van der Waals surface area contributed by atoms with Crippen LogP contribution in [0, 0.1) is 0 Å². The number of likely N-dealkylation sites (N-methyl/N-ethyl adjacent to an activating group) is 1. The Bertz CT molecular complexity index is 1140. The summed E-state index contributed by atoms with van der Waals surface area (Å²) < 4.78 is 1.51. The van der Waals surface area contributed by atoms with Crippen LogP contribution in [0.5, 0.6) is 0 Å². The van der Waals surface area contributed by atoms with Crippen molar-refractivity contribution in [3.05, 3.63) is 72.4 Å². The molecule has 2 amide bonds. The zero-order valence-electron chi connectivity index (χ0n) is 15.7. The number of fused-ring (bicyclic) bond motifs is 2. The summed E-state index contributed by atoms with van der Waals surface area (Å²) in [5.41, 5.74) is 0.618. The van der Waals surface area contributed by atoms with Gasteiger partial charge in [0.25, 0.3) is 5.91 Å². The molecule has 3 aromatic carbocycles. The Morgan fingerprint density at radius 3 is 2.18 bits per heavy atom. The maximum atomic E-state index is 13.1. The Kier molecular flexibility index (Phi) is 4.53. The van der Waals surface area contributed by atoms with E-state index in [1.807, 2.05) is 48.5 Å². The van der Waals surface area contributed by atoms with Gasteiger partial charge in [0.1, 0.15) is 6.54 Å². The number of anilines is 1. The summed E-state index contributed by atoms with van der Waals surface area (Å²) in [5.74, 6) is 0.117. The molecule has 1 N–H and O–H groups in total. The van der Waals surface area contributed by atoms with Gasteiger partial charge < -0.3 is 10.2 Å². The molecule has 0 atom stereocenters. The first-order valence-electron chi connectivity index (χ1n) is 8.98. The molecule has 1 aromatic heterocycles. The van der Waals surface area contributed by atoms with Crippen LogP contribution in [0.2, 0.25) is 0 Å². The van der Waals surface area contributed by atoms with Crippen LogP contribution in [0.1, 0.15) is 10.4 Å². The first-order valence-corrected chi connectivity index (χ1v) is 8.98. The van der Waals surface area contributed by atoms with Gasteiger partial charge in [-0.2, -0.15) is 5.10 Å². The molecule has 0 spiro atoms. The Morgan fingerprint density at radius 2 is 1.57 bits per heavy atom. The molecule has 0 unspecified atom stereocenters. The molecule has 0 saturated heterocycles. The lowest BCUT2D eigenvalue weighted by Crippen LogP contribution is -2.26. The Balaban J connectivity index is 1.69. The minimum absolute atomic E-state index is 0.0685. The average molecular weight is 372 g/mol. The van der Waals surface area contributed by atoms with E-state index in [9.17, 15) is 9.59 Å². The van der Waals surface area contributed by atoms with E-state index in [0.29, 0.717) is 11.4 Å². The van der Waals surface area contributed by atoms with E-state index >= 15 is 0 Å². The lowest BCUT2D eigenvalue weighted by molar-refractivity contribution is -0.129. The van der Waals surface area contributed by atoms with Crippen molar-refractivity contribution in [3.63, 3.8) is 0 Å². The van der Waals surface area contributed by atoms with Crippen LogP contribution < -0.4 is 5.32 Å². The zero-order valence-corrected chi connectivity index (χ0v) is 15.7. The van der Waals surface area contributed by atoms with Crippen LogP contribution in [0.15, 0.2) is 66.9 Å². The van der Waals surface area contributed by atoms with Gasteiger partial charge in [-0.3, -0.25) is 14.3 Å². The number of hydrogen-bond acceptors (Lipinski definition) is 3. The fraction of sp³-hybridized carbons (Fsp3) is 0.136. The van der Waals surface area contributed by atoms with E-state index < -0.39 is 0 Å². The predicted octanol–water partition coefficient (Wildman–Crippen LogP) is 3.53. The fourth-order valence-electron chi connectivity index (χ4n) is 3.23. The number of hydrogen-bond donors (Lipinski definition) is 1. The van der Waals surface area contributed by atoms with Crippen LogP contribution >= 0.6 is 0 Å². The third kappa shape index (κ3) is 3.32. The third-order valence-corrected chi connectivity index (χ3v) is 4.68. The number of carbonyl (C=O) groups excluding carboxylic acids is 2. The van der Waals surface area contributed by atoms with Crippen LogP contribution in [-0.2, 0) is 11.3 Å². The van der Waals surface area contributed by atoms with Crippen molar-refractivity contribution in [2.75, 3.05) is 19.4 Å². The highest BCUT2D eigenvalue weighted by atomic mass is 16.2. The number of nitrogens with one attached hydrogen (secondary N) is 1. The van der Waals surface area contributed by atoms with Crippen LogP contribution in [0.4, 0.5) is 5.82 Å². The molecule has 0 aliphatic carbocycles. The van der Waals surface area contributed by atoms with Gasteiger partial charge in [0.2, 0.25) is 5.91 Å². The zero-order chi connectivity index (χ0) is 19.7. The molecule has 0 fully saturated rings. The first kappa shape index (κ1) is 17.7. The quantitative estimate of drug-likeness (QED) is 0.557. The summed E-state index contributed by atoms with van der Waals surface area (Å²) in [5, 5.41) is 11.0. The second-order valence-electron chi connectivity index (χ2n) is 6.83. The maximum Gasteiger partial charge on any atom is 0.258 e. The number of rotatable bonds is 4. The summed E-state index contributed by atoms with van der Waals surface area (Å²) in [7, 11) is 3.39. The van der Waals surface area contributed by atoms with Crippen molar-refractivity contribution in [1.29, 1.82) is 0 Å². The molecule has 28 heavy (non-hydrogen) atoms. The van der Waals surface area contributed by atoms with Gasteiger partial charge >= 0.3 is 0 Å². The predicted molar refractivity (Wildman–Crippen MR) is 110 cm³/mol. The molecule has 140 valence electrons. The molecule has 0 radical (unpaired) electrons. The molecule has 0 aliphatic heterocycles. The third-order valence-electron chi connectivity index (χ3n) is 4.68. The van der Waals surface area contributed by atoms with Crippen LogP contribution in [-0.4, -0.2) is 40.6 Å². The number of amides is 2. The average Bonchev–Trinajstić information content (AvgIpc) is 3.12. The first-order chi connectivity index (χ1) is 13.5. The molecular formula is C22H20N4O2. The summed E-state index contributed by atoms with van der Waals surface area (Å²) >= 11 is 0. The van der Waals surface area contributed by atoms with E-state index in [1.54, 1.807) is 26.4 Å². The Morgan fingerprint density at radius 1 is 0.964 bits per heavy atom. The van der Waals surface area contributed by atoms with E-state index in [0.717, 1.165) is 21.5 Å². The van der Waals surface area contributed by atoms with Crippen molar-refractivity contribution in [1.82, 2.24) is 14.7 Å². The molecule has 0 bridgehead atoms. The number of benzene rings is 3. The smallest absolute Gasteiger partial charge is 0.258 e. The topological polar surface area (TPSA) is 67.2 Å². The minimum atomic E-state index is -0.225. The van der Waals surface area contributed by atoms with Gasteiger partial charge in [-0.05, 0) is 27.6 Å². The molecule has 4 aromatic rings. The molecule has 6 nitrogen and oxygen atoms in total. The lowest BCUT2D eigenvalue weighted by atomic mass is 9.96. The molecule has 0 saturated carbocycles. The van der Waals surface area contributed by atoms with Gasteiger partial charge in [0.15, 0.2) is 5.82 Å². The normalized spacial score (nSPS) is 10.9. The van der Waals surface area contributed by atoms with E-state index in [2.05, 4.69) is 16.5 Å². The maximum absolute atomic E-state index is 13.1. The lowest BCUT2D eigenvalue weighted by Gasteiger charge is -2.11. The second kappa shape index (κ2) is 7.15. The van der Waals surface area contributed by atoms with Crippen molar-refractivity contribution < 1.29 is 9.59 Å². The highest BCUT2D eigenvalue weighted by molar-refractivity contribution is 6.21. The number of carbonyl (C=O) groups is 2. The summed E-state index contributed by atoms with van der Waals surface area (Å²) in [6, 6.07) is 19.4. The molecule has 4 rings (SSSR count). The van der Waals surface area contributed by atoms with Crippen molar-refractivity contribution >= 4 is 39.2 Å². The highest BCUT2D eigenvalue weighted by Crippen LogP contribution is 2.29. The van der Waals surface area contributed by atoms with Gasteiger partial charge in [-0.1, -0.05) is 48.5 Å². The molecule has 1 heterocycles. The molecular weight excluding hydrogens is 352 g/mol. The number of aromatic nitrogens is 2. The SMILES string of the molecule is CN(C)C(=O)Cn1ccc(NC(=O)c2c3ccccc3cc3ccccc23)n1. The van der Waals surface area contributed by atoms with Crippen molar-refractivity contribution in [2.45, 2.75) is 6.54 Å². The molecule has 0 aliphatic rings. The Hall–Kier alpha value is -3.67. The van der Waals surface area contributed by atoms with E-state index in [4.69, 9.17) is 0 Å². The van der Waals surface area contributed by atoms with Crippen LogP contribution in [0.3, 0.4) is 0 Å². The minimum Gasteiger partial charge on any atom is -0.347 e. The standard InChI is InChI=1S/C22H20N4O2/c1-25(2)20(27)14-26-12-11-19(24-26)23-22(28)21-17-9-5-3-7-15(17)13-16-8-4-6-10-18(16)21/h3-13H,14H2,1-2H3,(H,23,24,28). The summed E-state index contributed by atoms with van der Waals surface area (Å²) in [6.07, 6.45) is 1.68. The summed E-state index contributed by atoms with van der Waals surface area (Å²) in [4.78, 5) is 26.5. The summed E-state index contributed by atoms with van der Waals surface area (Å²) in [6.45, 7) is 0.125. The monoisotopic (exact) mass is 372 g/mol. The highest BCUT2D eigenvalue weighted by Gasteiger charge is 2.16.